The zero-order chi connectivity index (χ0) is 19.1. The van der Waals surface area contributed by atoms with Crippen molar-refractivity contribution < 1.29 is 14.3 Å². The van der Waals surface area contributed by atoms with Gasteiger partial charge in [-0.2, -0.15) is 0 Å². The average molecular weight is 367 g/mol. The first-order chi connectivity index (χ1) is 13.2. The number of hydrogen-bond donors (Lipinski definition) is 1. The second-order valence-corrected chi connectivity index (χ2v) is 6.55. The number of nitrogens with one attached hydrogen (secondary N) is 1. The molecule has 0 atom stereocenters. The van der Waals surface area contributed by atoms with Crippen LogP contribution in [0, 0.1) is 0 Å². The highest BCUT2D eigenvalue weighted by Gasteiger charge is 2.17. The molecule has 1 heterocycles. The maximum absolute atomic E-state index is 12.4. The Morgan fingerprint density at radius 3 is 2.52 bits per heavy atom. The molecule has 3 rings (SSSR count). The van der Waals surface area contributed by atoms with E-state index in [4.69, 9.17) is 4.74 Å². The maximum Gasteiger partial charge on any atom is 0.224 e. The molecule has 0 radical (unpaired) electrons. The van der Waals surface area contributed by atoms with E-state index >= 15 is 0 Å². The molecule has 0 unspecified atom stereocenters. The van der Waals surface area contributed by atoms with E-state index in [1.165, 1.54) is 0 Å². The van der Waals surface area contributed by atoms with Crippen LogP contribution in [0.25, 0.3) is 0 Å². The minimum absolute atomic E-state index is 0.0416. The minimum Gasteiger partial charge on any atom is -0.495 e. The summed E-state index contributed by atoms with van der Waals surface area (Å²) in [6, 6.07) is 15.8. The molecule has 0 saturated carbocycles. The van der Waals surface area contributed by atoms with Crippen molar-refractivity contribution in [3.8, 4) is 5.75 Å². The monoisotopic (exact) mass is 367 g/mol. The highest BCUT2D eigenvalue weighted by molar-refractivity contribution is 5.93. The van der Waals surface area contributed by atoms with Crippen LogP contribution >= 0.6 is 0 Å². The molecule has 1 aliphatic heterocycles. The molecule has 27 heavy (non-hydrogen) atoms. The summed E-state index contributed by atoms with van der Waals surface area (Å²) >= 11 is 0. The van der Waals surface area contributed by atoms with Crippen LogP contribution in [0.3, 0.4) is 0 Å². The Balaban J connectivity index is 1.64. The number of amides is 2. The van der Waals surface area contributed by atoms with Crippen LogP contribution in [0.2, 0.25) is 0 Å². The Labute approximate surface area is 159 Å². The molecule has 2 aromatic rings. The fourth-order valence-electron chi connectivity index (χ4n) is 3.19. The van der Waals surface area contributed by atoms with Crippen molar-refractivity contribution in [1.29, 1.82) is 0 Å². The number of rotatable bonds is 7. The van der Waals surface area contributed by atoms with Gasteiger partial charge in [0, 0.05) is 38.3 Å². The second kappa shape index (κ2) is 9.07. The lowest BCUT2D eigenvalue weighted by Gasteiger charge is -2.34. The predicted molar refractivity (Wildman–Crippen MR) is 106 cm³/mol. The van der Waals surface area contributed by atoms with Gasteiger partial charge >= 0.3 is 0 Å². The Morgan fingerprint density at radius 1 is 1.11 bits per heavy atom. The number of anilines is 2. The van der Waals surface area contributed by atoms with Gasteiger partial charge in [0.05, 0.1) is 12.8 Å². The number of methoxy groups -OCH3 is 1. The molecule has 0 aliphatic carbocycles. The standard InChI is InChI=1S/C21H25N3O3/c1-27-20-9-8-18(24-13-11-23(16-25)12-14-24)15-19(20)22-21(26)10-7-17-5-3-2-4-6-17/h2-6,8-9,15-16H,7,10-14H2,1H3,(H,22,26). The Hall–Kier alpha value is -3.02. The first-order valence-corrected chi connectivity index (χ1v) is 9.15. The van der Waals surface area contributed by atoms with Gasteiger partial charge in [-0.15, -0.1) is 0 Å². The third-order valence-electron chi connectivity index (χ3n) is 4.77. The topological polar surface area (TPSA) is 61.9 Å². The minimum atomic E-state index is -0.0416. The Kier molecular flexibility index (Phi) is 6.30. The molecule has 1 aliphatic rings. The number of aryl methyl sites for hydroxylation is 1. The lowest BCUT2D eigenvalue weighted by atomic mass is 10.1. The molecule has 1 fully saturated rings. The quantitative estimate of drug-likeness (QED) is 0.764. The van der Waals surface area contributed by atoms with Gasteiger partial charge in [-0.1, -0.05) is 30.3 Å². The van der Waals surface area contributed by atoms with Gasteiger partial charge in [-0.05, 0) is 30.2 Å². The fourth-order valence-corrected chi connectivity index (χ4v) is 3.19. The summed E-state index contributed by atoms with van der Waals surface area (Å²) in [6.07, 6.45) is 2.00. The van der Waals surface area contributed by atoms with E-state index in [2.05, 4.69) is 10.2 Å². The van der Waals surface area contributed by atoms with Gasteiger partial charge in [0.25, 0.3) is 0 Å². The highest BCUT2D eigenvalue weighted by atomic mass is 16.5. The number of ether oxygens (including phenoxy) is 1. The number of benzene rings is 2. The fraction of sp³-hybridized carbons (Fsp3) is 0.333. The van der Waals surface area contributed by atoms with Crippen LogP contribution in [0.5, 0.6) is 5.75 Å². The molecule has 0 spiro atoms. The van der Waals surface area contributed by atoms with Crippen LogP contribution in [0.1, 0.15) is 12.0 Å². The van der Waals surface area contributed by atoms with Crippen molar-refractivity contribution in [2.24, 2.45) is 0 Å². The van der Waals surface area contributed by atoms with Crippen molar-refractivity contribution in [2.45, 2.75) is 12.8 Å². The number of carbonyl (C=O) groups excluding carboxylic acids is 2. The van der Waals surface area contributed by atoms with E-state index < -0.39 is 0 Å². The van der Waals surface area contributed by atoms with Crippen LogP contribution in [0.4, 0.5) is 11.4 Å². The van der Waals surface area contributed by atoms with Crippen LogP contribution < -0.4 is 15.0 Å². The van der Waals surface area contributed by atoms with Crippen molar-refractivity contribution in [1.82, 2.24) is 4.90 Å². The summed E-state index contributed by atoms with van der Waals surface area (Å²) in [5, 5.41) is 2.97. The molecular formula is C21H25N3O3. The second-order valence-electron chi connectivity index (χ2n) is 6.55. The Bertz CT molecular complexity index is 771. The van der Waals surface area contributed by atoms with Gasteiger partial charge in [0.2, 0.25) is 12.3 Å². The third-order valence-corrected chi connectivity index (χ3v) is 4.77. The van der Waals surface area contributed by atoms with Gasteiger partial charge in [-0.3, -0.25) is 9.59 Å². The molecule has 2 amide bonds. The molecule has 0 aromatic heterocycles. The molecule has 2 aromatic carbocycles. The van der Waals surface area contributed by atoms with Gasteiger partial charge in [-0.25, -0.2) is 0 Å². The third kappa shape index (κ3) is 5.00. The van der Waals surface area contributed by atoms with Crippen LogP contribution in [0.15, 0.2) is 48.5 Å². The van der Waals surface area contributed by atoms with Crippen LogP contribution in [-0.4, -0.2) is 50.5 Å². The largest absolute Gasteiger partial charge is 0.495 e. The van der Waals surface area contributed by atoms with Gasteiger partial charge < -0.3 is 19.9 Å². The van der Waals surface area contributed by atoms with E-state index in [1.54, 1.807) is 12.0 Å². The molecule has 6 heteroatoms. The summed E-state index contributed by atoms with van der Waals surface area (Å²) in [5.74, 6) is 0.596. The van der Waals surface area contributed by atoms with Crippen LogP contribution in [-0.2, 0) is 16.0 Å². The van der Waals surface area contributed by atoms with Crippen molar-refractivity contribution in [3.05, 3.63) is 54.1 Å². The van der Waals surface area contributed by atoms with Crippen molar-refractivity contribution in [2.75, 3.05) is 43.5 Å². The number of nitrogens with zero attached hydrogens (tertiary/aromatic N) is 2. The maximum atomic E-state index is 12.4. The summed E-state index contributed by atoms with van der Waals surface area (Å²) in [6.45, 7) is 2.95. The molecular weight excluding hydrogens is 342 g/mol. The number of carbonyl (C=O) groups is 2. The number of piperazine rings is 1. The average Bonchev–Trinajstić information content (AvgIpc) is 2.73. The summed E-state index contributed by atoms with van der Waals surface area (Å²) < 4.78 is 5.40. The Morgan fingerprint density at radius 2 is 1.85 bits per heavy atom. The van der Waals surface area contributed by atoms with E-state index in [-0.39, 0.29) is 5.91 Å². The van der Waals surface area contributed by atoms with Crippen molar-refractivity contribution in [3.63, 3.8) is 0 Å². The molecule has 0 bridgehead atoms. The SMILES string of the molecule is COc1ccc(N2CCN(C=O)CC2)cc1NC(=O)CCc1ccccc1. The van der Waals surface area contributed by atoms with Crippen molar-refractivity contribution >= 4 is 23.7 Å². The zero-order valence-corrected chi connectivity index (χ0v) is 15.6. The van der Waals surface area contributed by atoms with E-state index in [1.807, 2.05) is 48.5 Å². The molecule has 1 saturated heterocycles. The van der Waals surface area contributed by atoms with E-state index in [0.29, 0.717) is 37.4 Å². The first-order valence-electron chi connectivity index (χ1n) is 9.15. The van der Waals surface area contributed by atoms with Gasteiger partial charge in [0.1, 0.15) is 5.75 Å². The summed E-state index contributed by atoms with van der Waals surface area (Å²) in [4.78, 5) is 27.2. The molecule has 6 nitrogen and oxygen atoms in total. The van der Waals surface area contributed by atoms with E-state index in [9.17, 15) is 9.59 Å². The number of hydrogen-bond acceptors (Lipinski definition) is 4. The predicted octanol–water partition coefficient (Wildman–Crippen LogP) is 2.54. The van der Waals surface area contributed by atoms with Gasteiger partial charge in [0.15, 0.2) is 0 Å². The highest BCUT2D eigenvalue weighted by Crippen LogP contribution is 2.30. The molecule has 1 N–H and O–H groups in total. The van der Waals surface area contributed by atoms with E-state index in [0.717, 1.165) is 30.8 Å². The normalized spacial score (nSPS) is 14.0. The first kappa shape index (κ1) is 18.8. The summed E-state index contributed by atoms with van der Waals surface area (Å²) in [7, 11) is 1.59. The lowest BCUT2D eigenvalue weighted by Crippen LogP contribution is -2.45. The zero-order valence-electron chi connectivity index (χ0n) is 15.6. The summed E-state index contributed by atoms with van der Waals surface area (Å²) in [5.41, 5.74) is 2.83. The smallest absolute Gasteiger partial charge is 0.224 e. The molecule has 142 valence electrons. The lowest BCUT2D eigenvalue weighted by molar-refractivity contribution is -0.118.